The number of hydrogen-bond donors (Lipinski definition) is 0. The third-order valence-electron chi connectivity index (χ3n) is 3.38. The first-order valence-corrected chi connectivity index (χ1v) is 5.94. The van der Waals surface area contributed by atoms with Gasteiger partial charge >= 0.3 is 0 Å². The number of rotatable bonds is 1. The van der Waals surface area contributed by atoms with E-state index in [2.05, 4.69) is 46.8 Å². The molecule has 2 nitrogen and oxygen atoms in total. The van der Waals surface area contributed by atoms with Crippen LogP contribution in [0.15, 0.2) is 36.5 Å². The number of benzene rings is 1. The van der Waals surface area contributed by atoms with Crippen molar-refractivity contribution in [1.82, 2.24) is 9.55 Å². The largest absolute Gasteiger partial charge is 0.328 e. The zero-order valence-electron chi connectivity index (χ0n) is 9.56. The highest BCUT2D eigenvalue weighted by Gasteiger charge is 2.18. The zero-order valence-corrected chi connectivity index (χ0v) is 9.56. The van der Waals surface area contributed by atoms with Crippen LogP contribution in [0.3, 0.4) is 0 Å². The minimum absolute atomic E-state index is 0.776. The van der Waals surface area contributed by atoms with Gasteiger partial charge in [-0.05, 0) is 17.9 Å². The smallest absolute Gasteiger partial charge is 0.109 e. The molecule has 1 aliphatic rings. The molecule has 2 heteroatoms. The van der Waals surface area contributed by atoms with E-state index in [4.69, 9.17) is 0 Å². The normalized spacial score (nSPS) is 19.4. The molecule has 2 heterocycles. The minimum Gasteiger partial charge on any atom is -0.328 e. The van der Waals surface area contributed by atoms with Gasteiger partial charge in [0.25, 0.3) is 0 Å². The van der Waals surface area contributed by atoms with E-state index in [-0.39, 0.29) is 0 Å². The predicted molar refractivity (Wildman–Crippen MR) is 65.1 cm³/mol. The third kappa shape index (κ3) is 1.54. The quantitative estimate of drug-likeness (QED) is 0.710. The summed E-state index contributed by atoms with van der Waals surface area (Å²) in [5.41, 5.74) is 2.54. The molecule has 0 amide bonds. The van der Waals surface area contributed by atoms with Gasteiger partial charge in [0.2, 0.25) is 0 Å². The van der Waals surface area contributed by atoms with Crippen molar-refractivity contribution < 1.29 is 0 Å². The Morgan fingerprint density at radius 1 is 1.25 bits per heavy atom. The van der Waals surface area contributed by atoms with E-state index >= 15 is 0 Å². The number of imidazole rings is 1. The second-order valence-corrected chi connectivity index (χ2v) is 4.68. The van der Waals surface area contributed by atoms with Gasteiger partial charge in [-0.1, -0.05) is 37.3 Å². The standard InChI is InChI=1S/C14H16N2/c1-11-7-8-16-13(10-15-14(16)9-11)12-5-3-2-4-6-12/h2-6,10-11H,7-9H2,1H3. The highest BCUT2D eigenvalue weighted by molar-refractivity contribution is 5.59. The highest BCUT2D eigenvalue weighted by atomic mass is 15.1. The Morgan fingerprint density at radius 2 is 2.06 bits per heavy atom. The molecule has 0 saturated carbocycles. The fourth-order valence-corrected chi connectivity index (χ4v) is 2.43. The molecule has 0 spiro atoms. The molecule has 3 rings (SSSR count). The fraction of sp³-hybridized carbons (Fsp3) is 0.357. The Morgan fingerprint density at radius 3 is 2.88 bits per heavy atom. The topological polar surface area (TPSA) is 17.8 Å². The Labute approximate surface area is 95.9 Å². The molecule has 0 N–H and O–H groups in total. The van der Waals surface area contributed by atoms with Crippen LogP contribution in [0, 0.1) is 5.92 Å². The molecule has 1 unspecified atom stereocenters. The number of hydrogen-bond acceptors (Lipinski definition) is 1. The second-order valence-electron chi connectivity index (χ2n) is 4.68. The van der Waals surface area contributed by atoms with Crippen LogP contribution < -0.4 is 0 Å². The SMILES string of the molecule is CC1CCn2c(-c3ccccc3)cnc2C1. The molecular formula is C14H16N2. The first-order valence-electron chi connectivity index (χ1n) is 5.94. The van der Waals surface area contributed by atoms with Crippen LogP contribution in [-0.4, -0.2) is 9.55 Å². The van der Waals surface area contributed by atoms with E-state index in [0.717, 1.165) is 18.9 Å². The number of nitrogens with zero attached hydrogens (tertiary/aromatic N) is 2. The van der Waals surface area contributed by atoms with Gasteiger partial charge in [-0.3, -0.25) is 0 Å². The summed E-state index contributed by atoms with van der Waals surface area (Å²) < 4.78 is 2.37. The number of aromatic nitrogens is 2. The van der Waals surface area contributed by atoms with Gasteiger partial charge in [-0.25, -0.2) is 4.98 Å². The lowest BCUT2D eigenvalue weighted by molar-refractivity contribution is 0.411. The van der Waals surface area contributed by atoms with Crippen LogP contribution >= 0.6 is 0 Å². The van der Waals surface area contributed by atoms with E-state index in [9.17, 15) is 0 Å². The summed E-state index contributed by atoms with van der Waals surface area (Å²) in [4.78, 5) is 4.55. The summed E-state index contributed by atoms with van der Waals surface area (Å²) in [6, 6.07) is 10.5. The molecular weight excluding hydrogens is 196 g/mol. The molecule has 82 valence electrons. The zero-order chi connectivity index (χ0) is 11.0. The number of fused-ring (bicyclic) bond motifs is 1. The van der Waals surface area contributed by atoms with Crippen LogP contribution in [0.2, 0.25) is 0 Å². The summed E-state index contributed by atoms with van der Waals surface area (Å²) >= 11 is 0. The molecule has 0 saturated heterocycles. The van der Waals surface area contributed by atoms with Gasteiger partial charge in [-0.15, -0.1) is 0 Å². The van der Waals surface area contributed by atoms with Crippen LogP contribution in [0.1, 0.15) is 19.2 Å². The maximum Gasteiger partial charge on any atom is 0.109 e. The molecule has 0 fully saturated rings. The summed E-state index contributed by atoms with van der Waals surface area (Å²) in [7, 11) is 0. The Balaban J connectivity index is 2.04. The van der Waals surface area contributed by atoms with E-state index in [0.29, 0.717) is 0 Å². The lowest BCUT2D eigenvalue weighted by Gasteiger charge is -2.21. The van der Waals surface area contributed by atoms with Crippen molar-refractivity contribution in [2.24, 2.45) is 5.92 Å². The van der Waals surface area contributed by atoms with E-state index in [1.807, 2.05) is 6.20 Å². The van der Waals surface area contributed by atoms with Crippen LogP contribution in [0.4, 0.5) is 0 Å². The van der Waals surface area contributed by atoms with Crippen LogP contribution in [0.5, 0.6) is 0 Å². The molecule has 1 aliphatic heterocycles. The van der Waals surface area contributed by atoms with Crippen molar-refractivity contribution in [3.05, 3.63) is 42.4 Å². The van der Waals surface area contributed by atoms with Gasteiger partial charge < -0.3 is 4.57 Å². The van der Waals surface area contributed by atoms with Crippen molar-refractivity contribution >= 4 is 0 Å². The van der Waals surface area contributed by atoms with Crippen molar-refractivity contribution in [3.63, 3.8) is 0 Å². The van der Waals surface area contributed by atoms with Crippen molar-refractivity contribution in [2.75, 3.05) is 0 Å². The maximum absolute atomic E-state index is 4.55. The molecule has 0 aliphatic carbocycles. The van der Waals surface area contributed by atoms with Crippen LogP contribution in [-0.2, 0) is 13.0 Å². The highest BCUT2D eigenvalue weighted by Crippen LogP contribution is 2.26. The molecule has 0 radical (unpaired) electrons. The Bertz CT molecular complexity index is 485. The molecule has 2 aromatic rings. The predicted octanol–water partition coefficient (Wildman–Crippen LogP) is 3.13. The third-order valence-corrected chi connectivity index (χ3v) is 3.38. The Kier molecular flexibility index (Phi) is 2.28. The van der Waals surface area contributed by atoms with Gasteiger partial charge in [0.1, 0.15) is 5.82 Å². The molecule has 1 aromatic carbocycles. The molecule has 1 aromatic heterocycles. The Hall–Kier alpha value is -1.57. The van der Waals surface area contributed by atoms with Gasteiger partial charge in [0.05, 0.1) is 11.9 Å². The summed E-state index contributed by atoms with van der Waals surface area (Å²) in [6.45, 7) is 3.42. The van der Waals surface area contributed by atoms with Crippen molar-refractivity contribution in [2.45, 2.75) is 26.3 Å². The molecule has 1 atom stereocenters. The fourth-order valence-electron chi connectivity index (χ4n) is 2.43. The van der Waals surface area contributed by atoms with Gasteiger partial charge in [-0.2, -0.15) is 0 Å². The van der Waals surface area contributed by atoms with Crippen LogP contribution in [0.25, 0.3) is 11.3 Å². The summed E-state index contributed by atoms with van der Waals surface area (Å²) in [5, 5.41) is 0. The lowest BCUT2D eigenvalue weighted by atomic mass is 10.00. The van der Waals surface area contributed by atoms with Gasteiger partial charge in [0.15, 0.2) is 0 Å². The first kappa shape index (κ1) is 9.64. The van der Waals surface area contributed by atoms with Gasteiger partial charge in [0, 0.05) is 13.0 Å². The van der Waals surface area contributed by atoms with Crippen molar-refractivity contribution in [1.29, 1.82) is 0 Å². The monoisotopic (exact) mass is 212 g/mol. The molecule has 0 bridgehead atoms. The summed E-state index contributed by atoms with van der Waals surface area (Å²) in [5.74, 6) is 2.02. The average Bonchev–Trinajstić information content (AvgIpc) is 2.73. The molecule has 16 heavy (non-hydrogen) atoms. The maximum atomic E-state index is 4.55. The average molecular weight is 212 g/mol. The lowest BCUT2D eigenvalue weighted by Crippen LogP contribution is -2.17. The first-order chi connectivity index (χ1) is 7.84. The minimum atomic E-state index is 0.776. The summed E-state index contributed by atoms with van der Waals surface area (Å²) in [6.07, 6.45) is 4.40. The van der Waals surface area contributed by atoms with E-state index < -0.39 is 0 Å². The van der Waals surface area contributed by atoms with E-state index in [1.54, 1.807) is 0 Å². The van der Waals surface area contributed by atoms with Crippen molar-refractivity contribution in [3.8, 4) is 11.3 Å². The second kappa shape index (κ2) is 3.78. The van der Waals surface area contributed by atoms with E-state index in [1.165, 1.54) is 23.5 Å².